The maximum atomic E-state index is 13.2. The Morgan fingerprint density at radius 1 is 1.26 bits per heavy atom. The molecule has 0 bridgehead atoms. The van der Waals surface area contributed by atoms with Crippen molar-refractivity contribution < 1.29 is 4.39 Å². The third-order valence-electron chi connectivity index (χ3n) is 3.07. The summed E-state index contributed by atoms with van der Waals surface area (Å²) in [6.45, 7) is 7.08. The SMILES string of the molecule is CCNC(c1ccc(F)cc1Cl)c1cc(C)sc1C. The van der Waals surface area contributed by atoms with Crippen molar-refractivity contribution in [2.75, 3.05) is 6.54 Å². The zero-order valence-corrected chi connectivity index (χ0v) is 12.8. The minimum absolute atomic E-state index is 0.0167. The number of thiophene rings is 1. The van der Waals surface area contributed by atoms with Crippen LogP contribution in [-0.2, 0) is 0 Å². The van der Waals surface area contributed by atoms with Crippen LogP contribution in [0.25, 0.3) is 0 Å². The summed E-state index contributed by atoms with van der Waals surface area (Å²) in [5.74, 6) is -0.304. The zero-order chi connectivity index (χ0) is 14.0. The Hall–Kier alpha value is -0.900. The first-order valence-corrected chi connectivity index (χ1v) is 7.47. The van der Waals surface area contributed by atoms with Gasteiger partial charge >= 0.3 is 0 Å². The van der Waals surface area contributed by atoms with Gasteiger partial charge in [0.1, 0.15) is 5.82 Å². The van der Waals surface area contributed by atoms with Gasteiger partial charge < -0.3 is 5.32 Å². The highest BCUT2D eigenvalue weighted by atomic mass is 35.5. The van der Waals surface area contributed by atoms with Crippen LogP contribution >= 0.6 is 22.9 Å². The molecule has 19 heavy (non-hydrogen) atoms. The van der Waals surface area contributed by atoms with Crippen LogP contribution in [0, 0.1) is 19.7 Å². The van der Waals surface area contributed by atoms with Crippen molar-refractivity contribution in [3.63, 3.8) is 0 Å². The molecule has 0 aliphatic rings. The Balaban J connectivity index is 2.48. The minimum Gasteiger partial charge on any atom is -0.306 e. The number of nitrogens with one attached hydrogen (secondary N) is 1. The van der Waals surface area contributed by atoms with Crippen molar-refractivity contribution in [3.05, 3.63) is 56.0 Å². The molecule has 0 aliphatic carbocycles. The summed E-state index contributed by atoms with van der Waals surface area (Å²) in [6, 6.07) is 6.78. The van der Waals surface area contributed by atoms with Crippen LogP contribution in [0.4, 0.5) is 4.39 Å². The molecule has 2 aromatic rings. The predicted octanol–water partition coefficient (Wildman–Crippen LogP) is 4.86. The van der Waals surface area contributed by atoms with Crippen LogP contribution in [0.15, 0.2) is 24.3 Å². The van der Waals surface area contributed by atoms with E-state index in [1.807, 2.05) is 0 Å². The molecule has 1 nitrogen and oxygen atoms in total. The molecule has 1 aromatic carbocycles. The fourth-order valence-electron chi connectivity index (χ4n) is 2.26. The summed E-state index contributed by atoms with van der Waals surface area (Å²) >= 11 is 7.96. The molecule has 0 amide bonds. The van der Waals surface area contributed by atoms with Crippen molar-refractivity contribution in [3.8, 4) is 0 Å². The molecule has 1 unspecified atom stereocenters. The first-order valence-electron chi connectivity index (χ1n) is 6.28. The summed E-state index contributed by atoms with van der Waals surface area (Å²) in [6.07, 6.45) is 0. The van der Waals surface area contributed by atoms with Crippen LogP contribution in [0.3, 0.4) is 0 Å². The highest BCUT2D eigenvalue weighted by Crippen LogP contribution is 2.34. The molecule has 0 fully saturated rings. The second-order valence-electron chi connectivity index (χ2n) is 4.53. The summed E-state index contributed by atoms with van der Waals surface area (Å²) in [5, 5.41) is 3.90. The molecule has 1 atom stereocenters. The van der Waals surface area contributed by atoms with Crippen LogP contribution in [0.2, 0.25) is 5.02 Å². The molecule has 0 saturated heterocycles. The van der Waals surface area contributed by atoms with E-state index in [1.165, 1.54) is 27.5 Å². The third kappa shape index (κ3) is 3.16. The molecule has 0 radical (unpaired) electrons. The van der Waals surface area contributed by atoms with Gasteiger partial charge in [-0.2, -0.15) is 0 Å². The quantitative estimate of drug-likeness (QED) is 0.850. The van der Waals surface area contributed by atoms with Crippen LogP contribution in [0.1, 0.15) is 33.8 Å². The van der Waals surface area contributed by atoms with Crippen molar-refractivity contribution in [2.24, 2.45) is 0 Å². The molecule has 0 aliphatic heterocycles. The normalized spacial score (nSPS) is 12.7. The van der Waals surface area contributed by atoms with E-state index in [-0.39, 0.29) is 11.9 Å². The van der Waals surface area contributed by atoms with Gasteiger partial charge in [-0.25, -0.2) is 4.39 Å². The highest BCUT2D eigenvalue weighted by molar-refractivity contribution is 7.12. The fourth-order valence-corrected chi connectivity index (χ4v) is 3.50. The standard InChI is InChI=1S/C15H17ClFNS/c1-4-18-15(13-7-9(2)19-10(13)3)12-6-5-11(17)8-14(12)16/h5-8,15,18H,4H2,1-3H3. The van der Waals surface area contributed by atoms with Crippen LogP contribution in [0.5, 0.6) is 0 Å². The number of hydrogen-bond donors (Lipinski definition) is 1. The van der Waals surface area contributed by atoms with Crippen LogP contribution < -0.4 is 5.32 Å². The van der Waals surface area contributed by atoms with E-state index >= 15 is 0 Å². The van der Waals surface area contributed by atoms with E-state index in [2.05, 4.69) is 32.2 Å². The zero-order valence-electron chi connectivity index (χ0n) is 11.3. The smallest absolute Gasteiger partial charge is 0.124 e. The lowest BCUT2D eigenvalue weighted by atomic mass is 9.99. The molecule has 0 spiro atoms. The fraction of sp³-hybridized carbons (Fsp3) is 0.333. The molecule has 102 valence electrons. The number of benzene rings is 1. The van der Waals surface area contributed by atoms with E-state index < -0.39 is 0 Å². The molecule has 1 heterocycles. The van der Waals surface area contributed by atoms with Crippen LogP contribution in [-0.4, -0.2) is 6.54 Å². The maximum absolute atomic E-state index is 13.2. The van der Waals surface area contributed by atoms with Gasteiger partial charge in [-0.1, -0.05) is 24.6 Å². The summed E-state index contributed by atoms with van der Waals surface area (Å²) in [4.78, 5) is 2.54. The van der Waals surface area contributed by atoms with Crippen molar-refractivity contribution in [2.45, 2.75) is 26.8 Å². The molecule has 1 N–H and O–H groups in total. The second-order valence-corrected chi connectivity index (χ2v) is 6.39. The Bertz CT molecular complexity index is 580. The topological polar surface area (TPSA) is 12.0 Å². The van der Waals surface area contributed by atoms with E-state index in [1.54, 1.807) is 17.4 Å². The van der Waals surface area contributed by atoms with E-state index in [0.717, 1.165) is 12.1 Å². The Morgan fingerprint density at radius 2 is 2.00 bits per heavy atom. The molecule has 4 heteroatoms. The average Bonchev–Trinajstić information content (AvgIpc) is 2.66. The van der Waals surface area contributed by atoms with Gasteiger partial charge in [0, 0.05) is 14.8 Å². The largest absolute Gasteiger partial charge is 0.306 e. The summed E-state index contributed by atoms with van der Waals surface area (Å²) in [5.41, 5.74) is 2.14. The van der Waals surface area contributed by atoms with E-state index in [4.69, 9.17) is 11.6 Å². The van der Waals surface area contributed by atoms with Crippen molar-refractivity contribution >= 4 is 22.9 Å². The van der Waals surface area contributed by atoms with Gasteiger partial charge in [0.15, 0.2) is 0 Å². The number of aryl methyl sites for hydroxylation is 2. The molecule has 0 saturated carbocycles. The molecular formula is C15H17ClFNS. The monoisotopic (exact) mass is 297 g/mol. The average molecular weight is 298 g/mol. The third-order valence-corrected chi connectivity index (χ3v) is 4.38. The van der Waals surface area contributed by atoms with Gasteiger partial charge in [0.2, 0.25) is 0 Å². The van der Waals surface area contributed by atoms with Gasteiger partial charge in [-0.05, 0) is 49.7 Å². The van der Waals surface area contributed by atoms with Gasteiger partial charge in [-0.15, -0.1) is 11.3 Å². The van der Waals surface area contributed by atoms with Crippen molar-refractivity contribution in [1.82, 2.24) is 5.32 Å². The number of hydrogen-bond acceptors (Lipinski definition) is 2. The van der Waals surface area contributed by atoms with Crippen molar-refractivity contribution in [1.29, 1.82) is 0 Å². The predicted molar refractivity (Wildman–Crippen MR) is 80.7 cm³/mol. The van der Waals surface area contributed by atoms with Gasteiger partial charge in [-0.3, -0.25) is 0 Å². The first-order chi connectivity index (χ1) is 9.02. The lowest BCUT2D eigenvalue weighted by Crippen LogP contribution is -2.22. The molecule has 1 aromatic heterocycles. The Kier molecular flexibility index (Phi) is 4.61. The number of halogens is 2. The lowest BCUT2D eigenvalue weighted by molar-refractivity contribution is 0.613. The minimum atomic E-state index is -0.304. The van der Waals surface area contributed by atoms with E-state index in [9.17, 15) is 4.39 Å². The Labute approximate surface area is 122 Å². The maximum Gasteiger partial charge on any atom is 0.124 e. The first kappa shape index (κ1) is 14.5. The summed E-state index contributed by atoms with van der Waals surface area (Å²) < 4.78 is 13.2. The lowest BCUT2D eigenvalue weighted by Gasteiger charge is -2.20. The van der Waals surface area contributed by atoms with E-state index in [0.29, 0.717) is 5.02 Å². The second kappa shape index (κ2) is 6.04. The van der Waals surface area contributed by atoms with Gasteiger partial charge in [0.25, 0.3) is 0 Å². The van der Waals surface area contributed by atoms with Gasteiger partial charge in [0.05, 0.1) is 6.04 Å². The number of rotatable bonds is 4. The Morgan fingerprint density at radius 3 is 2.53 bits per heavy atom. The summed E-state index contributed by atoms with van der Waals surface area (Å²) in [7, 11) is 0. The highest BCUT2D eigenvalue weighted by Gasteiger charge is 2.19. The molecule has 2 rings (SSSR count). The molecular weight excluding hydrogens is 281 g/mol.